The van der Waals surface area contributed by atoms with Crippen molar-refractivity contribution in [1.82, 2.24) is 14.7 Å². The minimum Gasteiger partial charge on any atom is -0.337 e. The maximum absolute atomic E-state index is 13.7. The summed E-state index contributed by atoms with van der Waals surface area (Å²) in [6.45, 7) is 9.51. The molecule has 3 heterocycles. The molecule has 0 spiro atoms. The average molecular weight is 469 g/mol. The molecule has 0 radical (unpaired) electrons. The summed E-state index contributed by atoms with van der Waals surface area (Å²) in [4.78, 5) is 35.9. The van der Waals surface area contributed by atoms with Crippen molar-refractivity contribution in [2.24, 2.45) is 5.92 Å². The summed E-state index contributed by atoms with van der Waals surface area (Å²) < 4.78 is 0. The number of fused-ring (bicyclic) bond motifs is 3. The molecule has 34 heavy (non-hydrogen) atoms. The number of likely N-dealkylation sites (N-methyl/N-ethyl adjacent to an activating group) is 1. The van der Waals surface area contributed by atoms with Crippen molar-refractivity contribution in [2.75, 3.05) is 44.7 Å². The number of likely N-dealkylation sites (tertiary alicyclic amines) is 1. The molecule has 2 bridgehead atoms. The first-order valence-corrected chi connectivity index (χ1v) is 13.6. The van der Waals surface area contributed by atoms with Crippen LogP contribution in [0.15, 0.2) is 24.3 Å². The third-order valence-electron chi connectivity index (χ3n) is 8.40. The van der Waals surface area contributed by atoms with Gasteiger partial charge in [0.15, 0.2) is 0 Å². The van der Waals surface area contributed by atoms with Gasteiger partial charge in [-0.15, -0.1) is 0 Å². The molecule has 2 amide bonds. The molecule has 4 rings (SSSR count). The first-order chi connectivity index (χ1) is 16.5. The summed E-state index contributed by atoms with van der Waals surface area (Å²) in [7, 11) is 2.17. The quantitative estimate of drug-likeness (QED) is 0.666. The van der Waals surface area contributed by atoms with E-state index in [-0.39, 0.29) is 11.8 Å². The minimum atomic E-state index is 0.173. The zero-order valence-electron chi connectivity index (χ0n) is 21.5. The van der Waals surface area contributed by atoms with Crippen LogP contribution in [0.1, 0.15) is 70.8 Å². The summed E-state index contributed by atoms with van der Waals surface area (Å²) in [5.74, 6) is 0.943. The lowest BCUT2D eigenvalue weighted by Crippen LogP contribution is -2.52. The van der Waals surface area contributed by atoms with Crippen molar-refractivity contribution in [1.29, 1.82) is 0 Å². The third-order valence-corrected chi connectivity index (χ3v) is 8.40. The van der Waals surface area contributed by atoms with E-state index in [9.17, 15) is 9.59 Å². The van der Waals surface area contributed by atoms with Gasteiger partial charge in [-0.2, -0.15) is 0 Å². The zero-order valence-corrected chi connectivity index (χ0v) is 21.5. The van der Waals surface area contributed by atoms with Crippen LogP contribution in [0, 0.1) is 5.92 Å². The lowest BCUT2D eigenvalue weighted by Gasteiger charge is -2.44. The number of hydrogen-bond donors (Lipinski definition) is 0. The molecule has 6 heteroatoms. The second-order valence-corrected chi connectivity index (χ2v) is 10.6. The fourth-order valence-corrected chi connectivity index (χ4v) is 6.35. The van der Waals surface area contributed by atoms with Gasteiger partial charge in [-0.1, -0.05) is 38.5 Å². The van der Waals surface area contributed by atoms with Crippen molar-refractivity contribution in [3.05, 3.63) is 29.8 Å². The Morgan fingerprint density at radius 1 is 0.912 bits per heavy atom. The minimum absolute atomic E-state index is 0.173. The molecule has 0 aromatic heterocycles. The highest BCUT2D eigenvalue weighted by Gasteiger charge is 2.34. The number of hydrogen-bond acceptors (Lipinski definition) is 4. The molecule has 2 fully saturated rings. The summed E-state index contributed by atoms with van der Waals surface area (Å²) >= 11 is 0. The Kier molecular flexibility index (Phi) is 8.65. The average Bonchev–Trinajstić information content (AvgIpc) is 2.86. The number of carbonyl (C=O) groups excluding carboxylic acids is 2. The molecule has 6 nitrogen and oxygen atoms in total. The molecular weight excluding hydrogens is 424 g/mol. The molecule has 3 aliphatic heterocycles. The number of carbonyl (C=O) groups is 2. The van der Waals surface area contributed by atoms with Crippen LogP contribution in [0.25, 0.3) is 0 Å². The SMILES string of the molecule is CCC(=O)N1CCC2CCCC(CN(C(=O)CC3CCN(C)CC3)Cc3ccccc31)N2CC. The van der Waals surface area contributed by atoms with E-state index in [4.69, 9.17) is 0 Å². The van der Waals surface area contributed by atoms with E-state index in [1.54, 1.807) is 0 Å². The predicted octanol–water partition coefficient (Wildman–Crippen LogP) is 4.14. The molecule has 0 saturated carbocycles. The fourth-order valence-electron chi connectivity index (χ4n) is 6.35. The maximum atomic E-state index is 13.7. The number of para-hydroxylation sites is 1. The van der Waals surface area contributed by atoms with Crippen LogP contribution < -0.4 is 4.90 Å². The van der Waals surface area contributed by atoms with E-state index >= 15 is 0 Å². The summed E-state index contributed by atoms with van der Waals surface area (Å²) in [6, 6.07) is 9.14. The number of nitrogens with zero attached hydrogens (tertiary/aromatic N) is 4. The van der Waals surface area contributed by atoms with Gasteiger partial charge in [0.2, 0.25) is 11.8 Å². The highest BCUT2D eigenvalue weighted by molar-refractivity contribution is 5.94. The van der Waals surface area contributed by atoms with E-state index in [0.29, 0.717) is 37.4 Å². The van der Waals surface area contributed by atoms with E-state index in [1.165, 1.54) is 12.8 Å². The van der Waals surface area contributed by atoms with E-state index in [0.717, 1.165) is 69.7 Å². The largest absolute Gasteiger partial charge is 0.337 e. The topological polar surface area (TPSA) is 47.1 Å². The fraction of sp³-hybridized carbons (Fsp3) is 0.714. The van der Waals surface area contributed by atoms with E-state index in [2.05, 4.69) is 40.8 Å². The number of amides is 2. The van der Waals surface area contributed by atoms with Crippen molar-refractivity contribution in [2.45, 2.75) is 83.8 Å². The van der Waals surface area contributed by atoms with Crippen LogP contribution in [-0.2, 0) is 16.1 Å². The van der Waals surface area contributed by atoms with Gasteiger partial charge in [0.05, 0.1) is 0 Å². The molecule has 1 aromatic rings. The van der Waals surface area contributed by atoms with Gasteiger partial charge in [-0.3, -0.25) is 14.5 Å². The van der Waals surface area contributed by atoms with Gasteiger partial charge >= 0.3 is 0 Å². The lowest BCUT2D eigenvalue weighted by molar-refractivity contribution is -0.134. The zero-order chi connectivity index (χ0) is 24.1. The molecule has 0 N–H and O–H groups in total. The maximum Gasteiger partial charge on any atom is 0.226 e. The summed E-state index contributed by atoms with van der Waals surface area (Å²) in [5, 5.41) is 0. The first-order valence-electron chi connectivity index (χ1n) is 13.6. The van der Waals surface area contributed by atoms with Crippen molar-refractivity contribution < 1.29 is 9.59 Å². The van der Waals surface area contributed by atoms with Gasteiger partial charge in [0.25, 0.3) is 0 Å². The standard InChI is InChI=1S/C28H44N4O2/c1-4-27(33)32-18-15-24-10-8-11-25(31(24)5-2)21-30(20-23-9-6-7-12-26(23)32)28(34)19-22-13-16-29(3)17-14-22/h6-7,9,12,22,24-25H,4-5,8,10-11,13-21H2,1-3H3. The molecule has 0 aliphatic carbocycles. The van der Waals surface area contributed by atoms with Crippen molar-refractivity contribution >= 4 is 17.5 Å². The van der Waals surface area contributed by atoms with Gasteiger partial charge in [0.1, 0.15) is 0 Å². The Hall–Kier alpha value is -1.92. The van der Waals surface area contributed by atoms with Gasteiger partial charge < -0.3 is 14.7 Å². The number of anilines is 1. The van der Waals surface area contributed by atoms with Crippen LogP contribution in [0.5, 0.6) is 0 Å². The summed E-state index contributed by atoms with van der Waals surface area (Å²) in [6.07, 6.45) is 7.90. The van der Waals surface area contributed by atoms with Gasteiger partial charge in [-0.25, -0.2) is 0 Å². The highest BCUT2D eigenvalue weighted by atomic mass is 16.2. The molecule has 2 unspecified atom stereocenters. The number of rotatable bonds is 4. The van der Waals surface area contributed by atoms with Crippen LogP contribution in [-0.4, -0.2) is 78.4 Å². The molecule has 2 atom stereocenters. The Labute approximate surface area is 206 Å². The highest BCUT2D eigenvalue weighted by Crippen LogP contribution is 2.31. The van der Waals surface area contributed by atoms with Gasteiger partial charge in [-0.05, 0) is 76.3 Å². The third kappa shape index (κ3) is 5.83. The smallest absolute Gasteiger partial charge is 0.226 e. The first kappa shape index (κ1) is 25.2. The van der Waals surface area contributed by atoms with E-state index < -0.39 is 0 Å². The van der Waals surface area contributed by atoms with Gasteiger partial charge in [0, 0.05) is 50.2 Å². The van der Waals surface area contributed by atoms with E-state index in [1.807, 2.05) is 24.0 Å². The lowest BCUT2D eigenvalue weighted by atomic mass is 9.91. The molecule has 1 aromatic carbocycles. The van der Waals surface area contributed by atoms with Crippen LogP contribution in [0.4, 0.5) is 5.69 Å². The van der Waals surface area contributed by atoms with Crippen molar-refractivity contribution in [3.63, 3.8) is 0 Å². The Balaban J connectivity index is 1.64. The summed E-state index contributed by atoms with van der Waals surface area (Å²) in [5.41, 5.74) is 2.09. The van der Waals surface area contributed by atoms with Crippen LogP contribution >= 0.6 is 0 Å². The Morgan fingerprint density at radius 3 is 2.38 bits per heavy atom. The Bertz CT molecular complexity index is 835. The predicted molar refractivity (Wildman–Crippen MR) is 138 cm³/mol. The van der Waals surface area contributed by atoms with Crippen LogP contribution in [0.3, 0.4) is 0 Å². The number of benzene rings is 1. The van der Waals surface area contributed by atoms with Crippen LogP contribution in [0.2, 0.25) is 0 Å². The molecule has 2 saturated heterocycles. The molecular formula is C28H44N4O2. The monoisotopic (exact) mass is 468 g/mol. The molecule has 3 aliphatic rings. The second-order valence-electron chi connectivity index (χ2n) is 10.6. The normalized spacial score (nSPS) is 25.5. The second kappa shape index (κ2) is 11.7. The molecule has 188 valence electrons. The van der Waals surface area contributed by atoms with Crippen molar-refractivity contribution in [3.8, 4) is 0 Å². The number of piperidine rings is 2. The Morgan fingerprint density at radius 2 is 1.65 bits per heavy atom.